The third-order valence-electron chi connectivity index (χ3n) is 4.40. The fourth-order valence-electron chi connectivity index (χ4n) is 2.92. The normalized spacial score (nSPS) is 17.8. The summed E-state index contributed by atoms with van der Waals surface area (Å²) in [5.74, 6) is 1.10. The first-order chi connectivity index (χ1) is 12.6. The molecule has 1 heterocycles. The second-order valence-corrected chi connectivity index (χ2v) is 7.97. The molecule has 0 unspecified atom stereocenters. The van der Waals surface area contributed by atoms with E-state index in [2.05, 4.69) is 17.0 Å². The van der Waals surface area contributed by atoms with E-state index in [-0.39, 0.29) is 6.42 Å². The molecular weight excluding hydrogens is 370 g/mol. The van der Waals surface area contributed by atoms with Crippen molar-refractivity contribution in [2.45, 2.75) is 18.3 Å². The molecule has 2 aromatic carbocycles. The van der Waals surface area contributed by atoms with Crippen LogP contribution in [-0.4, -0.2) is 41.4 Å². The number of carboxylic acids is 1. The Morgan fingerprint density at radius 2 is 2.00 bits per heavy atom. The van der Waals surface area contributed by atoms with Crippen LogP contribution in [0.4, 0.5) is 0 Å². The molecule has 26 heavy (non-hydrogen) atoms. The second kappa shape index (κ2) is 9.31. The van der Waals surface area contributed by atoms with Crippen molar-refractivity contribution in [3.8, 4) is 5.75 Å². The van der Waals surface area contributed by atoms with E-state index in [0.717, 1.165) is 30.2 Å². The fourth-order valence-corrected chi connectivity index (χ4v) is 4.42. The standard InChI is InChI=1S/C20H22ClNO3S/c21-18-4-2-1-3-16(18)14-25-17-7-5-15(6-8-17)19-13-22(11-12-26-19)10-9-20(23)24/h1-8,19H,9-14H2,(H,23,24)/t19-/m0/s1. The molecule has 1 saturated heterocycles. The molecule has 1 aliphatic heterocycles. The number of hydrogen-bond acceptors (Lipinski definition) is 4. The number of ether oxygens (including phenoxy) is 1. The molecule has 6 heteroatoms. The van der Waals surface area contributed by atoms with Gasteiger partial charge in [0, 0.05) is 41.2 Å². The average Bonchev–Trinajstić information content (AvgIpc) is 2.66. The summed E-state index contributed by atoms with van der Waals surface area (Å²) in [5, 5.41) is 9.94. The Morgan fingerprint density at radius 3 is 2.73 bits per heavy atom. The second-order valence-electron chi connectivity index (χ2n) is 6.25. The van der Waals surface area contributed by atoms with Gasteiger partial charge in [0.15, 0.2) is 0 Å². The number of carbonyl (C=O) groups is 1. The summed E-state index contributed by atoms with van der Waals surface area (Å²) in [6, 6.07) is 15.8. The number of benzene rings is 2. The van der Waals surface area contributed by atoms with E-state index in [1.807, 2.05) is 48.2 Å². The molecule has 0 radical (unpaired) electrons. The first kappa shape index (κ1) is 19.1. The monoisotopic (exact) mass is 391 g/mol. The number of thioether (sulfide) groups is 1. The lowest BCUT2D eigenvalue weighted by molar-refractivity contribution is -0.137. The van der Waals surface area contributed by atoms with Crippen molar-refractivity contribution in [1.29, 1.82) is 0 Å². The molecule has 0 aliphatic carbocycles. The van der Waals surface area contributed by atoms with Crippen molar-refractivity contribution in [1.82, 2.24) is 4.90 Å². The molecule has 1 atom stereocenters. The third kappa shape index (κ3) is 5.40. The molecule has 0 amide bonds. The zero-order chi connectivity index (χ0) is 18.4. The highest BCUT2D eigenvalue weighted by molar-refractivity contribution is 7.99. The molecule has 0 bridgehead atoms. The van der Waals surface area contributed by atoms with Crippen LogP contribution in [0.5, 0.6) is 5.75 Å². The first-order valence-corrected chi connectivity index (χ1v) is 10.1. The van der Waals surface area contributed by atoms with Gasteiger partial charge < -0.3 is 14.7 Å². The molecule has 1 N–H and O–H groups in total. The van der Waals surface area contributed by atoms with E-state index in [4.69, 9.17) is 21.4 Å². The fraction of sp³-hybridized carbons (Fsp3) is 0.350. The predicted molar refractivity (Wildman–Crippen MR) is 106 cm³/mol. The molecule has 2 aromatic rings. The quantitative estimate of drug-likeness (QED) is 0.753. The predicted octanol–water partition coefficient (Wildman–Crippen LogP) is 4.48. The molecule has 4 nitrogen and oxygen atoms in total. The Hall–Kier alpha value is -1.69. The highest BCUT2D eigenvalue weighted by Crippen LogP contribution is 2.34. The SMILES string of the molecule is O=C(O)CCN1CCS[C@H](c2ccc(OCc3ccccc3Cl)cc2)C1. The van der Waals surface area contributed by atoms with Gasteiger partial charge in [-0.25, -0.2) is 0 Å². The molecule has 1 aliphatic rings. The summed E-state index contributed by atoms with van der Waals surface area (Å²) >= 11 is 8.08. The lowest BCUT2D eigenvalue weighted by atomic mass is 10.1. The number of nitrogens with zero attached hydrogens (tertiary/aromatic N) is 1. The molecule has 0 saturated carbocycles. The van der Waals surface area contributed by atoms with Gasteiger partial charge in [-0.2, -0.15) is 11.8 Å². The van der Waals surface area contributed by atoms with Crippen LogP contribution in [-0.2, 0) is 11.4 Å². The Balaban J connectivity index is 1.55. The highest BCUT2D eigenvalue weighted by atomic mass is 35.5. The Labute approximate surface area is 163 Å². The van der Waals surface area contributed by atoms with Crippen molar-refractivity contribution < 1.29 is 14.6 Å². The summed E-state index contributed by atoms with van der Waals surface area (Å²) in [7, 11) is 0. The number of aliphatic carboxylic acids is 1. The van der Waals surface area contributed by atoms with Gasteiger partial charge in [0.25, 0.3) is 0 Å². The van der Waals surface area contributed by atoms with Crippen molar-refractivity contribution >= 4 is 29.3 Å². The Morgan fingerprint density at radius 1 is 1.23 bits per heavy atom. The van der Waals surface area contributed by atoms with Gasteiger partial charge in [-0.3, -0.25) is 4.79 Å². The van der Waals surface area contributed by atoms with Gasteiger partial charge in [-0.1, -0.05) is 41.9 Å². The van der Waals surface area contributed by atoms with E-state index in [1.165, 1.54) is 5.56 Å². The molecule has 1 fully saturated rings. The van der Waals surface area contributed by atoms with Gasteiger partial charge in [0.1, 0.15) is 12.4 Å². The third-order valence-corrected chi connectivity index (χ3v) is 6.01. The smallest absolute Gasteiger partial charge is 0.304 e. The number of halogens is 1. The summed E-state index contributed by atoms with van der Waals surface area (Å²) in [6.07, 6.45) is 0.201. The summed E-state index contributed by atoms with van der Waals surface area (Å²) < 4.78 is 5.83. The molecule has 0 spiro atoms. The molecule has 0 aromatic heterocycles. The lowest BCUT2D eigenvalue weighted by Crippen LogP contribution is -2.35. The van der Waals surface area contributed by atoms with E-state index in [0.29, 0.717) is 23.4 Å². The largest absolute Gasteiger partial charge is 0.489 e. The number of rotatable bonds is 7. The number of hydrogen-bond donors (Lipinski definition) is 1. The molecular formula is C20H22ClNO3S. The minimum atomic E-state index is -0.736. The summed E-state index contributed by atoms with van der Waals surface area (Å²) in [6.45, 7) is 2.90. The lowest BCUT2D eigenvalue weighted by Gasteiger charge is -2.32. The Bertz CT molecular complexity index is 738. The zero-order valence-electron chi connectivity index (χ0n) is 14.4. The van der Waals surface area contributed by atoms with Gasteiger partial charge in [-0.05, 0) is 23.8 Å². The van der Waals surface area contributed by atoms with Crippen LogP contribution in [0, 0.1) is 0 Å². The van der Waals surface area contributed by atoms with Crippen LogP contribution < -0.4 is 4.74 Å². The van der Waals surface area contributed by atoms with E-state index >= 15 is 0 Å². The Kier molecular flexibility index (Phi) is 6.83. The molecule has 3 rings (SSSR count). The minimum Gasteiger partial charge on any atom is -0.489 e. The van der Waals surface area contributed by atoms with Crippen LogP contribution in [0.1, 0.15) is 22.8 Å². The van der Waals surface area contributed by atoms with Crippen molar-refractivity contribution in [3.05, 3.63) is 64.7 Å². The van der Waals surface area contributed by atoms with Crippen molar-refractivity contribution in [3.63, 3.8) is 0 Å². The molecule has 138 valence electrons. The maximum atomic E-state index is 10.8. The summed E-state index contributed by atoms with van der Waals surface area (Å²) in [4.78, 5) is 13.0. The van der Waals surface area contributed by atoms with Crippen LogP contribution >= 0.6 is 23.4 Å². The van der Waals surface area contributed by atoms with Crippen LogP contribution in [0.15, 0.2) is 48.5 Å². The van der Waals surface area contributed by atoms with Gasteiger partial charge in [0.05, 0.1) is 6.42 Å². The van der Waals surface area contributed by atoms with E-state index < -0.39 is 5.97 Å². The highest BCUT2D eigenvalue weighted by Gasteiger charge is 2.22. The van der Waals surface area contributed by atoms with Gasteiger partial charge in [0.2, 0.25) is 0 Å². The summed E-state index contributed by atoms with van der Waals surface area (Å²) in [5.41, 5.74) is 2.22. The first-order valence-electron chi connectivity index (χ1n) is 8.64. The topological polar surface area (TPSA) is 49.8 Å². The van der Waals surface area contributed by atoms with E-state index in [1.54, 1.807) is 0 Å². The van der Waals surface area contributed by atoms with Crippen LogP contribution in [0.25, 0.3) is 0 Å². The minimum absolute atomic E-state index is 0.201. The van der Waals surface area contributed by atoms with Crippen LogP contribution in [0.3, 0.4) is 0 Å². The average molecular weight is 392 g/mol. The maximum absolute atomic E-state index is 10.8. The van der Waals surface area contributed by atoms with E-state index in [9.17, 15) is 4.79 Å². The van der Waals surface area contributed by atoms with Crippen molar-refractivity contribution in [2.75, 3.05) is 25.4 Å². The van der Waals surface area contributed by atoms with Gasteiger partial charge >= 0.3 is 5.97 Å². The number of carboxylic acid groups (broad SMARTS) is 1. The van der Waals surface area contributed by atoms with Gasteiger partial charge in [-0.15, -0.1) is 0 Å². The van der Waals surface area contributed by atoms with Crippen LogP contribution in [0.2, 0.25) is 5.02 Å². The maximum Gasteiger partial charge on any atom is 0.304 e. The zero-order valence-corrected chi connectivity index (χ0v) is 16.0. The van der Waals surface area contributed by atoms with Crippen molar-refractivity contribution in [2.24, 2.45) is 0 Å².